The Bertz CT molecular complexity index is 556. The van der Waals surface area contributed by atoms with Crippen molar-refractivity contribution < 1.29 is 19.4 Å². The molecule has 2 rings (SSSR count). The van der Waals surface area contributed by atoms with Gasteiger partial charge in [-0.25, -0.2) is 0 Å². The predicted molar refractivity (Wildman–Crippen MR) is 86.6 cm³/mol. The SMILES string of the molecule is COc1ccccc1N1CCN(C(=O)CCC(N)C(=O)O)CC1. The topological polar surface area (TPSA) is 96.1 Å². The average molecular weight is 321 g/mol. The molecule has 1 aromatic rings. The summed E-state index contributed by atoms with van der Waals surface area (Å²) in [6.45, 7) is 2.66. The maximum absolute atomic E-state index is 12.1. The fraction of sp³-hybridized carbons (Fsp3) is 0.500. The van der Waals surface area contributed by atoms with Gasteiger partial charge in [-0.3, -0.25) is 9.59 Å². The molecule has 0 radical (unpaired) electrons. The third-order valence-corrected chi connectivity index (χ3v) is 4.04. The highest BCUT2D eigenvalue weighted by Gasteiger charge is 2.23. The molecule has 1 fully saturated rings. The third-order valence-electron chi connectivity index (χ3n) is 4.04. The molecule has 1 aliphatic heterocycles. The van der Waals surface area contributed by atoms with Crippen molar-refractivity contribution in [2.24, 2.45) is 5.73 Å². The van der Waals surface area contributed by atoms with Crippen molar-refractivity contribution in [3.8, 4) is 5.75 Å². The van der Waals surface area contributed by atoms with E-state index in [4.69, 9.17) is 15.6 Å². The lowest BCUT2D eigenvalue weighted by atomic mass is 10.1. The number of anilines is 1. The quantitative estimate of drug-likeness (QED) is 0.794. The number of hydrogen-bond acceptors (Lipinski definition) is 5. The first-order chi connectivity index (χ1) is 11.0. The molecule has 1 unspecified atom stereocenters. The largest absolute Gasteiger partial charge is 0.495 e. The lowest BCUT2D eigenvalue weighted by Crippen LogP contribution is -2.49. The Labute approximate surface area is 135 Å². The summed E-state index contributed by atoms with van der Waals surface area (Å²) in [6.07, 6.45) is 0.336. The van der Waals surface area contributed by atoms with E-state index in [0.29, 0.717) is 13.1 Å². The maximum Gasteiger partial charge on any atom is 0.320 e. The van der Waals surface area contributed by atoms with Crippen LogP contribution in [0.15, 0.2) is 24.3 Å². The van der Waals surface area contributed by atoms with E-state index in [2.05, 4.69) is 4.90 Å². The van der Waals surface area contributed by atoms with Crippen LogP contribution in [0.25, 0.3) is 0 Å². The second-order valence-corrected chi connectivity index (χ2v) is 5.52. The molecule has 0 bridgehead atoms. The fourth-order valence-corrected chi connectivity index (χ4v) is 2.65. The van der Waals surface area contributed by atoms with Crippen molar-refractivity contribution >= 4 is 17.6 Å². The minimum absolute atomic E-state index is 0.0404. The summed E-state index contributed by atoms with van der Waals surface area (Å²) in [7, 11) is 1.64. The molecule has 0 saturated carbocycles. The molecule has 1 aliphatic rings. The van der Waals surface area contributed by atoms with Gasteiger partial charge in [-0.05, 0) is 18.6 Å². The molecule has 126 valence electrons. The number of nitrogens with two attached hydrogens (primary N) is 1. The number of hydrogen-bond donors (Lipinski definition) is 2. The van der Waals surface area contributed by atoms with Gasteiger partial charge < -0.3 is 25.4 Å². The fourth-order valence-electron chi connectivity index (χ4n) is 2.65. The predicted octanol–water partition coefficient (Wildman–Crippen LogP) is 0.536. The first kappa shape index (κ1) is 17.1. The highest BCUT2D eigenvalue weighted by molar-refractivity contribution is 5.78. The number of aliphatic carboxylic acids is 1. The number of amides is 1. The number of carbonyl (C=O) groups is 2. The molecule has 1 aromatic carbocycles. The third kappa shape index (κ3) is 4.35. The Kier molecular flexibility index (Phi) is 5.81. The summed E-state index contributed by atoms with van der Waals surface area (Å²) >= 11 is 0. The first-order valence-electron chi connectivity index (χ1n) is 7.67. The van der Waals surface area contributed by atoms with E-state index in [1.54, 1.807) is 12.0 Å². The summed E-state index contributed by atoms with van der Waals surface area (Å²) in [5.41, 5.74) is 6.46. The van der Waals surface area contributed by atoms with Crippen LogP contribution in [0.4, 0.5) is 5.69 Å². The van der Waals surface area contributed by atoms with Gasteiger partial charge >= 0.3 is 5.97 Å². The number of ether oxygens (including phenoxy) is 1. The molecule has 7 nitrogen and oxygen atoms in total. The number of carboxylic acids is 1. The van der Waals surface area contributed by atoms with Crippen LogP contribution < -0.4 is 15.4 Å². The molecule has 0 spiro atoms. The zero-order valence-corrected chi connectivity index (χ0v) is 13.3. The van der Waals surface area contributed by atoms with Gasteiger partial charge in [0.25, 0.3) is 0 Å². The van der Waals surface area contributed by atoms with E-state index in [1.165, 1.54) is 0 Å². The Morgan fingerprint density at radius 3 is 2.52 bits per heavy atom. The molecule has 1 amide bonds. The molecule has 23 heavy (non-hydrogen) atoms. The number of carbonyl (C=O) groups excluding carboxylic acids is 1. The molecule has 7 heteroatoms. The van der Waals surface area contributed by atoms with Gasteiger partial charge in [-0.1, -0.05) is 12.1 Å². The summed E-state index contributed by atoms with van der Waals surface area (Å²) < 4.78 is 5.37. The van der Waals surface area contributed by atoms with Crippen LogP contribution in [0.2, 0.25) is 0 Å². The lowest BCUT2D eigenvalue weighted by Gasteiger charge is -2.36. The van der Waals surface area contributed by atoms with E-state index in [9.17, 15) is 9.59 Å². The molecular formula is C16H23N3O4. The normalized spacial score (nSPS) is 16.1. The summed E-state index contributed by atoms with van der Waals surface area (Å²) in [5, 5.41) is 8.75. The molecule has 1 heterocycles. The maximum atomic E-state index is 12.1. The van der Waals surface area contributed by atoms with Crippen LogP contribution in [0.3, 0.4) is 0 Å². The Morgan fingerprint density at radius 1 is 1.26 bits per heavy atom. The van der Waals surface area contributed by atoms with Gasteiger partial charge in [-0.15, -0.1) is 0 Å². The van der Waals surface area contributed by atoms with E-state index < -0.39 is 12.0 Å². The van der Waals surface area contributed by atoms with Crippen molar-refractivity contribution in [2.75, 3.05) is 38.2 Å². The van der Waals surface area contributed by atoms with Crippen molar-refractivity contribution in [3.63, 3.8) is 0 Å². The number of para-hydroxylation sites is 2. The molecule has 1 atom stereocenters. The average Bonchev–Trinajstić information content (AvgIpc) is 2.59. The highest BCUT2D eigenvalue weighted by Crippen LogP contribution is 2.28. The van der Waals surface area contributed by atoms with Gasteiger partial charge in [0.2, 0.25) is 5.91 Å². The Morgan fingerprint density at radius 2 is 1.91 bits per heavy atom. The molecular weight excluding hydrogens is 298 g/mol. The molecule has 1 saturated heterocycles. The van der Waals surface area contributed by atoms with Crippen molar-refractivity contribution in [1.82, 2.24) is 4.90 Å². The van der Waals surface area contributed by atoms with Crippen LogP contribution >= 0.6 is 0 Å². The molecule has 0 aromatic heterocycles. The van der Waals surface area contributed by atoms with Crippen LogP contribution in [0, 0.1) is 0 Å². The van der Waals surface area contributed by atoms with Gasteiger partial charge in [0.15, 0.2) is 0 Å². The van der Waals surface area contributed by atoms with Crippen LogP contribution in [-0.2, 0) is 9.59 Å². The van der Waals surface area contributed by atoms with E-state index in [1.807, 2.05) is 24.3 Å². The van der Waals surface area contributed by atoms with Crippen molar-refractivity contribution in [1.29, 1.82) is 0 Å². The molecule has 0 aliphatic carbocycles. The first-order valence-corrected chi connectivity index (χ1v) is 7.67. The van der Waals surface area contributed by atoms with Gasteiger partial charge in [0.05, 0.1) is 12.8 Å². The van der Waals surface area contributed by atoms with E-state index >= 15 is 0 Å². The van der Waals surface area contributed by atoms with Crippen LogP contribution in [0.5, 0.6) is 5.75 Å². The number of piperazine rings is 1. The van der Waals surface area contributed by atoms with E-state index in [-0.39, 0.29) is 18.7 Å². The second-order valence-electron chi connectivity index (χ2n) is 5.52. The Balaban J connectivity index is 1.86. The number of benzene rings is 1. The van der Waals surface area contributed by atoms with Crippen molar-refractivity contribution in [3.05, 3.63) is 24.3 Å². The summed E-state index contributed by atoms with van der Waals surface area (Å²) in [5.74, 6) is -0.292. The van der Waals surface area contributed by atoms with Crippen LogP contribution in [-0.4, -0.2) is 61.2 Å². The smallest absolute Gasteiger partial charge is 0.320 e. The van der Waals surface area contributed by atoms with Crippen LogP contribution in [0.1, 0.15) is 12.8 Å². The summed E-state index contributed by atoms with van der Waals surface area (Å²) in [4.78, 5) is 26.8. The highest BCUT2D eigenvalue weighted by atomic mass is 16.5. The van der Waals surface area contributed by atoms with Gasteiger partial charge in [0.1, 0.15) is 11.8 Å². The lowest BCUT2D eigenvalue weighted by molar-refractivity contribution is -0.139. The standard InChI is InChI=1S/C16H23N3O4/c1-23-14-5-3-2-4-13(14)18-8-10-19(11-9-18)15(20)7-6-12(17)16(21)22/h2-5,12H,6-11,17H2,1H3,(H,21,22). The number of carboxylic acid groups (broad SMARTS) is 1. The number of rotatable bonds is 6. The van der Waals surface area contributed by atoms with Gasteiger partial charge in [0, 0.05) is 32.6 Å². The van der Waals surface area contributed by atoms with E-state index in [0.717, 1.165) is 24.5 Å². The van der Waals surface area contributed by atoms with Crippen molar-refractivity contribution in [2.45, 2.75) is 18.9 Å². The monoisotopic (exact) mass is 321 g/mol. The zero-order valence-electron chi connectivity index (χ0n) is 13.3. The zero-order chi connectivity index (χ0) is 16.8. The molecule has 3 N–H and O–H groups in total. The number of nitrogens with zero attached hydrogens (tertiary/aromatic N) is 2. The Hall–Kier alpha value is -2.28. The second kappa shape index (κ2) is 7.82. The summed E-state index contributed by atoms with van der Waals surface area (Å²) in [6, 6.07) is 6.83. The minimum Gasteiger partial charge on any atom is -0.495 e. The van der Waals surface area contributed by atoms with Gasteiger partial charge in [-0.2, -0.15) is 0 Å². The number of methoxy groups -OCH3 is 1. The minimum atomic E-state index is -1.07.